The lowest BCUT2D eigenvalue weighted by molar-refractivity contribution is 0.253. The van der Waals surface area contributed by atoms with Crippen molar-refractivity contribution in [2.75, 3.05) is 63.6 Å². The van der Waals surface area contributed by atoms with Crippen molar-refractivity contribution in [1.29, 1.82) is 0 Å². The van der Waals surface area contributed by atoms with Crippen molar-refractivity contribution in [2.24, 2.45) is 0 Å². The second-order valence-electron chi connectivity index (χ2n) is 11.3. The molecule has 1 unspecified atom stereocenters. The van der Waals surface area contributed by atoms with Gasteiger partial charge in [-0.2, -0.15) is 4.98 Å². The number of nitrogens with one attached hydrogen (secondary N) is 1. The van der Waals surface area contributed by atoms with E-state index in [0.717, 1.165) is 76.8 Å². The predicted molar refractivity (Wildman–Crippen MR) is 152 cm³/mol. The summed E-state index contributed by atoms with van der Waals surface area (Å²) in [6.45, 7) is 7.14. The van der Waals surface area contributed by atoms with E-state index in [1.807, 2.05) is 0 Å². The average Bonchev–Trinajstić information content (AvgIpc) is 3.47. The lowest BCUT2D eigenvalue weighted by Gasteiger charge is -2.26. The van der Waals surface area contributed by atoms with Gasteiger partial charge in [-0.25, -0.2) is 4.98 Å². The van der Waals surface area contributed by atoms with Crippen LogP contribution in [0.1, 0.15) is 68.2 Å². The standard InChI is InChI=1S/C30H46N6O/c1-34(2)17-9-21-37-26-15-13-24(14-16-26)23-36-20-8-10-25(36)22-31-30-32-28-12-7-11-27(28)29(33-30)35-18-5-3-4-6-19-35/h13-16,25H,3-12,17-23H2,1-2H3,(H,31,32,33). The quantitative estimate of drug-likeness (QED) is 0.441. The number of nitrogens with zero attached hydrogens (tertiary/aromatic N) is 5. The molecule has 3 aliphatic rings. The first kappa shape index (κ1) is 26.2. The number of hydrogen-bond acceptors (Lipinski definition) is 7. The number of fused-ring (bicyclic) bond motifs is 1. The molecule has 2 fully saturated rings. The number of ether oxygens (including phenoxy) is 1. The van der Waals surface area contributed by atoms with Crippen molar-refractivity contribution < 1.29 is 4.74 Å². The van der Waals surface area contributed by atoms with Crippen molar-refractivity contribution in [3.05, 3.63) is 41.1 Å². The molecule has 0 bridgehead atoms. The molecular formula is C30H46N6O. The number of benzene rings is 1. The summed E-state index contributed by atoms with van der Waals surface area (Å²) in [5.41, 5.74) is 4.05. The molecule has 2 aliphatic heterocycles. The normalized spacial score (nSPS) is 20.3. The summed E-state index contributed by atoms with van der Waals surface area (Å²) in [6.07, 6.45) is 12.2. The van der Waals surface area contributed by atoms with Crippen molar-refractivity contribution in [2.45, 2.75) is 76.8 Å². The highest BCUT2D eigenvalue weighted by molar-refractivity contribution is 5.54. The molecular weight excluding hydrogens is 460 g/mol. The molecule has 3 heterocycles. The minimum absolute atomic E-state index is 0.514. The second-order valence-corrected chi connectivity index (χ2v) is 11.3. The van der Waals surface area contributed by atoms with E-state index in [1.54, 1.807) is 0 Å². The SMILES string of the molecule is CN(C)CCCOc1ccc(CN2CCCC2CNc2nc3c(c(N4CCCCCC4)n2)CCC3)cc1. The van der Waals surface area contributed by atoms with Gasteiger partial charge in [0.15, 0.2) is 0 Å². The molecule has 7 heteroatoms. The van der Waals surface area contributed by atoms with E-state index in [0.29, 0.717) is 6.04 Å². The fourth-order valence-electron chi connectivity index (χ4n) is 6.08. The summed E-state index contributed by atoms with van der Waals surface area (Å²) < 4.78 is 5.91. The molecule has 1 aliphatic carbocycles. The van der Waals surface area contributed by atoms with Crippen LogP contribution in [0.2, 0.25) is 0 Å². The molecule has 202 valence electrons. The molecule has 1 atom stereocenters. The van der Waals surface area contributed by atoms with Gasteiger partial charge in [0.25, 0.3) is 0 Å². The molecule has 2 saturated heterocycles. The van der Waals surface area contributed by atoms with Gasteiger partial charge in [0, 0.05) is 44.3 Å². The van der Waals surface area contributed by atoms with Crippen LogP contribution >= 0.6 is 0 Å². The molecule has 5 rings (SSSR count). The number of likely N-dealkylation sites (tertiary alicyclic amines) is 1. The highest BCUT2D eigenvalue weighted by Gasteiger charge is 2.26. The molecule has 37 heavy (non-hydrogen) atoms. The van der Waals surface area contributed by atoms with Crippen LogP contribution in [0.3, 0.4) is 0 Å². The van der Waals surface area contributed by atoms with Gasteiger partial charge < -0.3 is 19.9 Å². The maximum atomic E-state index is 5.91. The van der Waals surface area contributed by atoms with E-state index in [1.165, 1.54) is 67.6 Å². The zero-order chi connectivity index (χ0) is 25.5. The Balaban J connectivity index is 1.16. The van der Waals surface area contributed by atoms with Crippen LogP contribution in [-0.4, -0.2) is 79.2 Å². The first-order valence-corrected chi connectivity index (χ1v) is 14.6. The van der Waals surface area contributed by atoms with Gasteiger partial charge in [-0.3, -0.25) is 4.90 Å². The highest BCUT2D eigenvalue weighted by Crippen LogP contribution is 2.31. The van der Waals surface area contributed by atoms with Crippen LogP contribution in [-0.2, 0) is 19.4 Å². The average molecular weight is 507 g/mol. The Morgan fingerprint density at radius 1 is 0.946 bits per heavy atom. The maximum Gasteiger partial charge on any atom is 0.224 e. The molecule has 0 radical (unpaired) electrons. The van der Waals surface area contributed by atoms with E-state index < -0.39 is 0 Å². The monoisotopic (exact) mass is 506 g/mol. The molecule has 0 saturated carbocycles. The third kappa shape index (κ3) is 7.14. The Morgan fingerprint density at radius 2 is 1.76 bits per heavy atom. The fourth-order valence-corrected chi connectivity index (χ4v) is 6.08. The number of aromatic nitrogens is 2. The second kappa shape index (κ2) is 12.9. The van der Waals surface area contributed by atoms with Crippen molar-refractivity contribution in [1.82, 2.24) is 19.8 Å². The summed E-state index contributed by atoms with van der Waals surface area (Å²) in [7, 11) is 4.20. The number of anilines is 2. The zero-order valence-corrected chi connectivity index (χ0v) is 23.1. The van der Waals surface area contributed by atoms with E-state index in [2.05, 4.69) is 58.4 Å². The maximum absolute atomic E-state index is 5.91. The zero-order valence-electron chi connectivity index (χ0n) is 23.1. The smallest absolute Gasteiger partial charge is 0.224 e. The van der Waals surface area contributed by atoms with Crippen molar-refractivity contribution in [3.8, 4) is 5.75 Å². The molecule has 1 aromatic carbocycles. The van der Waals surface area contributed by atoms with Gasteiger partial charge in [-0.05, 0) is 89.7 Å². The minimum Gasteiger partial charge on any atom is -0.494 e. The fraction of sp³-hybridized carbons (Fsp3) is 0.667. The van der Waals surface area contributed by atoms with Gasteiger partial charge in [-0.15, -0.1) is 0 Å². The van der Waals surface area contributed by atoms with E-state index in [-0.39, 0.29) is 0 Å². The molecule has 1 N–H and O–H groups in total. The van der Waals surface area contributed by atoms with E-state index in [9.17, 15) is 0 Å². The molecule has 1 aromatic heterocycles. The molecule has 7 nitrogen and oxygen atoms in total. The van der Waals surface area contributed by atoms with Gasteiger partial charge in [0.2, 0.25) is 5.95 Å². The largest absolute Gasteiger partial charge is 0.494 e. The Labute approximate surface area is 223 Å². The molecule has 0 spiro atoms. The Hall–Kier alpha value is -2.38. The number of aryl methyl sites for hydroxylation is 1. The van der Waals surface area contributed by atoms with Gasteiger partial charge in [0.05, 0.1) is 12.3 Å². The lowest BCUT2D eigenvalue weighted by Crippen LogP contribution is -2.35. The van der Waals surface area contributed by atoms with Crippen LogP contribution in [0.4, 0.5) is 11.8 Å². The van der Waals surface area contributed by atoms with Crippen LogP contribution in [0.5, 0.6) is 5.75 Å². The summed E-state index contributed by atoms with van der Waals surface area (Å²) in [4.78, 5) is 17.4. The first-order valence-electron chi connectivity index (χ1n) is 14.6. The Kier molecular flexibility index (Phi) is 9.16. The highest BCUT2D eigenvalue weighted by atomic mass is 16.5. The third-order valence-electron chi connectivity index (χ3n) is 8.14. The molecule has 2 aromatic rings. The van der Waals surface area contributed by atoms with Crippen LogP contribution < -0.4 is 15.0 Å². The summed E-state index contributed by atoms with van der Waals surface area (Å²) in [5.74, 6) is 3.03. The summed E-state index contributed by atoms with van der Waals surface area (Å²) in [5, 5.41) is 3.66. The minimum atomic E-state index is 0.514. The Morgan fingerprint density at radius 3 is 2.54 bits per heavy atom. The summed E-state index contributed by atoms with van der Waals surface area (Å²) >= 11 is 0. The third-order valence-corrected chi connectivity index (χ3v) is 8.14. The number of hydrogen-bond donors (Lipinski definition) is 1. The number of rotatable bonds is 11. The lowest BCUT2D eigenvalue weighted by atomic mass is 10.1. The predicted octanol–water partition coefficient (Wildman–Crippen LogP) is 4.75. The van der Waals surface area contributed by atoms with Gasteiger partial charge >= 0.3 is 0 Å². The molecule has 0 amide bonds. The van der Waals surface area contributed by atoms with E-state index in [4.69, 9.17) is 14.7 Å². The van der Waals surface area contributed by atoms with Crippen LogP contribution in [0.25, 0.3) is 0 Å². The topological polar surface area (TPSA) is 56.8 Å². The van der Waals surface area contributed by atoms with Gasteiger partial charge in [-0.1, -0.05) is 25.0 Å². The first-order chi connectivity index (χ1) is 18.2. The Bertz CT molecular complexity index is 986. The van der Waals surface area contributed by atoms with Crippen molar-refractivity contribution in [3.63, 3.8) is 0 Å². The van der Waals surface area contributed by atoms with E-state index >= 15 is 0 Å². The van der Waals surface area contributed by atoms with Crippen LogP contribution in [0.15, 0.2) is 24.3 Å². The van der Waals surface area contributed by atoms with Gasteiger partial charge in [0.1, 0.15) is 11.6 Å². The van der Waals surface area contributed by atoms with Crippen molar-refractivity contribution >= 4 is 11.8 Å². The van der Waals surface area contributed by atoms with Crippen LogP contribution in [0, 0.1) is 0 Å². The summed E-state index contributed by atoms with van der Waals surface area (Å²) in [6, 6.07) is 9.21.